The summed E-state index contributed by atoms with van der Waals surface area (Å²) in [5, 5.41) is 17.2. The van der Waals surface area contributed by atoms with Crippen molar-refractivity contribution in [3.63, 3.8) is 0 Å². The molecule has 1 fully saturated rings. The predicted molar refractivity (Wildman–Crippen MR) is 160 cm³/mol. The second-order valence-corrected chi connectivity index (χ2v) is 11.7. The van der Waals surface area contributed by atoms with Gasteiger partial charge in [-0.3, -0.25) is 24.0 Å². The third kappa shape index (κ3) is 11.5. The van der Waals surface area contributed by atoms with Gasteiger partial charge in [0.15, 0.2) is 5.69 Å². The van der Waals surface area contributed by atoms with Gasteiger partial charge in [0, 0.05) is 30.6 Å². The molecule has 244 valence electrons. The first-order chi connectivity index (χ1) is 20.7. The van der Waals surface area contributed by atoms with Gasteiger partial charge in [0.25, 0.3) is 5.91 Å². The van der Waals surface area contributed by atoms with Crippen LogP contribution in [-0.2, 0) is 28.7 Å². The van der Waals surface area contributed by atoms with Gasteiger partial charge < -0.3 is 35.8 Å². The highest BCUT2D eigenvalue weighted by molar-refractivity contribution is 5.97. The monoisotopic (exact) mass is 618 g/mol. The number of rotatable bonds is 16. The molecule has 1 saturated heterocycles. The highest BCUT2D eigenvalue weighted by Gasteiger charge is 2.33. The van der Waals surface area contributed by atoms with Crippen LogP contribution in [0.2, 0.25) is 0 Å². The molecule has 1 aromatic heterocycles. The minimum Gasteiger partial charge on any atom is -0.463 e. The van der Waals surface area contributed by atoms with Crippen LogP contribution in [0.4, 0.5) is 0 Å². The number of aromatic nitrogens is 1. The van der Waals surface area contributed by atoms with E-state index in [2.05, 4.69) is 31.7 Å². The van der Waals surface area contributed by atoms with Crippen LogP contribution < -0.4 is 26.6 Å². The SMILES string of the molecule is CCOC(=O)C=C[C@H](C[C@@H]1CCNC1=O)NC(=O)[C@H](CC(C)C)NC(=O)[C@@H](NC(=O)[C@H](C)NC(=O)c1cc(C)on1)C(C)C. The topological polar surface area (TPSA) is 198 Å². The second-order valence-electron chi connectivity index (χ2n) is 11.7. The van der Waals surface area contributed by atoms with Gasteiger partial charge in [-0.05, 0) is 51.9 Å². The molecule has 0 aliphatic carbocycles. The molecule has 5 N–H and O–H groups in total. The number of nitrogens with one attached hydrogen (secondary N) is 5. The maximum absolute atomic E-state index is 13.5. The maximum Gasteiger partial charge on any atom is 0.330 e. The van der Waals surface area contributed by atoms with Gasteiger partial charge >= 0.3 is 5.97 Å². The smallest absolute Gasteiger partial charge is 0.330 e. The van der Waals surface area contributed by atoms with E-state index in [9.17, 15) is 28.8 Å². The molecule has 0 bridgehead atoms. The molecule has 14 heteroatoms. The molecule has 2 heterocycles. The summed E-state index contributed by atoms with van der Waals surface area (Å²) in [4.78, 5) is 76.4. The Bertz CT molecular complexity index is 1210. The summed E-state index contributed by atoms with van der Waals surface area (Å²) in [6.45, 7) is 12.8. The van der Waals surface area contributed by atoms with Crippen LogP contribution in [0.1, 0.15) is 77.1 Å². The highest BCUT2D eigenvalue weighted by Crippen LogP contribution is 2.18. The third-order valence-corrected chi connectivity index (χ3v) is 6.97. The molecule has 0 unspecified atom stereocenters. The van der Waals surface area contributed by atoms with Crippen LogP contribution in [0, 0.1) is 24.7 Å². The number of aryl methyl sites for hydroxylation is 1. The Morgan fingerprint density at radius 1 is 1.05 bits per heavy atom. The van der Waals surface area contributed by atoms with Crippen molar-refractivity contribution in [2.45, 2.75) is 91.9 Å². The zero-order chi connectivity index (χ0) is 33.0. The number of hydrogen-bond donors (Lipinski definition) is 5. The van der Waals surface area contributed by atoms with Crippen molar-refractivity contribution >= 4 is 35.5 Å². The van der Waals surface area contributed by atoms with Crippen molar-refractivity contribution in [3.05, 3.63) is 29.7 Å². The average molecular weight is 619 g/mol. The van der Waals surface area contributed by atoms with E-state index in [4.69, 9.17) is 9.26 Å². The lowest BCUT2D eigenvalue weighted by atomic mass is 9.96. The molecule has 5 amide bonds. The van der Waals surface area contributed by atoms with Gasteiger partial charge in [0.2, 0.25) is 23.6 Å². The molecule has 0 radical (unpaired) electrons. The van der Waals surface area contributed by atoms with Gasteiger partial charge in [-0.15, -0.1) is 0 Å². The summed E-state index contributed by atoms with van der Waals surface area (Å²) in [6, 6.07) is -2.22. The normalized spacial score (nSPS) is 17.5. The van der Waals surface area contributed by atoms with Gasteiger partial charge in [-0.25, -0.2) is 4.79 Å². The van der Waals surface area contributed by atoms with Crippen molar-refractivity contribution in [1.82, 2.24) is 31.7 Å². The summed E-state index contributed by atoms with van der Waals surface area (Å²) in [6.07, 6.45) is 3.85. The van der Waals surface area contributed by atoms with Gasteiger partial charge in [-0.2, -0.15) is 0 Å². The molecule has 5 atom stereocenters. The van der Waals surface area contributed by atoms with E-state index in [1.54, 1.807) is 27.7 Å². The summed E-state index contributed by atoms with van der Waals surface area (Å²) in [7, 11) is 0. The molecule has 0 saturated carbocycles. The Balaban J connectivity index is 2.13. The number of hydrogen-bond acceptors (Lipinski definition) is 9. The van der Waals surface area contributed by atoms with E-state index in [1.807, 2.05) is 13.8 Å². The van der Waals surface area contributed by atoms with E-state index in [0.717, 1.165) is 0 Å². The van der Waals surface area contributed by atoms with Crippen LogP contribution in [-0.4, -0.2) is 78.0 Å². The van der Waals surface area contributed by atoms with Crippen LogP contribution in [0.5, 0.6) is 0 Å². The van der Waals surface area contributed by atoms with Crippen molar-refractivity contribution in [3.8, 4) is 0 Å². The van der Waals surface area contributed by atoms with E-state index in [0.29, 0.717) is 18.7 Å². The van der Waals surface area contributed by atoms with Crippen molar-refractivity contribution in [2.75, 3.05) is 13.2 Å². The van der Waals surface area contributed by atoms with E-state index in [-0.39, 0.29) is 48.8 Å². The molecule has 1 aromatic rings. The molecule has 1 aliphatic rings. The van der Waals surface area contributed by atoms with Gasteiger partial charge in [0.1, 0.15) is 23.9 Å². The number of ether oxygens (including phenoxy) is 1. The van der Waals surface area contributed by atoms with Crippen LogP contribution >= 0.6 is 0 Å². The fourth-order valence-electron chi connectivity index (χ4n) is 4.62. The maximum atomic E-state index is 13.5. The van der Waals surface area contributed by atoms with Crippen molar-refractivity contribution in [1.29, 1.82) is 0 Å². The number of esters is 1. The molecule has 1 aliphatic heterocycles. The Morgan fingerprint density at radius 3 is 2.30 bits per heavy atom. The fraction of sp³-hybridized carbons (Fsp3) is 0.633. The Morgan fingerprint density at radius 2 is 1.75 bits per heavy atom. The molecule has 2 rings (SSSR count). The molecule has 0 aromatic carbocycles. The first-order valence-electron chi connectivity index (χ1n) is 15.0. The lowest BCUT2D eigenvalue weighted by molar-refractivity contribution is -0.137. The molecule has 0 spiro atoms. The molecule has 14 nitrogen and oxygen atoms in total. The predicted octanol–water partition coefficient (Wildman–Crippen LogP) is 0.903. The number of amides is 5. The Labute approximate surface area is 257 Å². The number of carbonyl (C=O) groups excluding carboxylic acids is 6. The van der Waals surface area contributed by atoms with E-state index in [1.165, 1.54) is 25.1 Å². The van der Waals surface area contributed by atoms with E-state index < -0.39 is 53.8 Å². The lowest BCUT2D eigenvalue weighted by Gasteiger charge is -2.28. The number of carbonyl (C=O) groups is 6. The minimum absolute atomic E-state index is 0.0164. The average Bonchev–Trinajstić information content (AvgIpc) is 3.56. The van der Waals surface area contributed by atoms with Crippen LogP contribution in [0.15, 0.2) is 22.7 Å². The number of nitrogens with zero attached hydrogens (tertiary/aromatic N) is 1. The first kappa shape index (κ1) is 36.0. The highest BCUT2D eigenvalue weighted by atomic mass is 16.5. The van der Waals surface area contributed by atoms with Gasteiger partial charge in [0.05, 0.1) is 6.61 Å². The summed E-state index contributed by atoms with van der Waals surface area (Å²) < 4.78 is 9.84. The third-order valence-electron chi connectivity index (χ3n) is 6.97. The fourth-order valence-corrected chi connectivity index (χ4v) is 4.62. The molecular weight excluding hydrogens is 572 g/mol. The summed E-state index contributed by atoms with van der Waals surface area (Å²) >= 11 is 0. The standard InChI is InChI=1S/C30H46N6O8/c1-8-43-24(37)10-9-21(15-20-11-12-31-27(20)39)33-28(40)22(13-16(2)3)34-30(42)25(17(4)5)35-26(38)19(7)32-29(41)23-14-18(6)44-36-23/h9-10,14,16-17,19-22,25H,8,11-13,15H2,1-7H3,(H,31,39)(H,32,41)(H,33,40)(H,34,42)(H,35,38)/t19-,20-,21+,22-,25-/m0/s1. The van der Waals surface area contributed by atoms with Crippen LogP contribution in [0.25, 0.3) is 0 Å². The Kier molecular flexibility index (Phi) is 14.0. The van der Waals surface area contributed by atoms with Crippen molar-refractivity contribution < 1.29 is 38.0 Å². The largest absolute Gasteiger partial charge is 0.463 e. The van der Waals surface area contributed by atoms with Gasteiger partial charge in [-0.1, -0.05) is 38.9 Å². The van der Waals surface area contributed by atoms with Crippen LogP contribution in [0.3, 0.4) is 0 Å². The molecular formula is C30H46N6O8. The zero-order valence-electron chi connectivity index (χ0n) is 26.5. The second kappa shape index (κ2) is 17.2. The lowest BCUT2D eigenvalue weighted by Crippen LogP contribution is -2.58. The van der Waals surface area contributed by atoms with Crippen molar-refractivity contribution in [2.24, 2.45) is 17.8 Å². The molecule has 44 heavy (non-hydrogen) atoms. The first-order valence-corrected chi connectivity index (χ1v) is 15.0. The zero-order valence-corrected chi connectivity index (χ0v) is 26.5. The summed E-state index contributed by atoms with van der Waals surface area (Å²) in [5.41, 5.74) is 0.0202. The summed E-state index contributed by atoms with van der Waals surface area (Å²) in [5.74, 6) is -3.23. The minimum atomic E-state index is -1.01. The quantitative estimate of drug-likeness (QED) is 0.132. The Hall–Kier alpha value is -4.23. The van der Waals surface area contributed by atoms with E-state index >= 15 is 0 Å².